The number of aliphatic hydroxyl groups is 2. The van der Waals surface area contributed by atoms with Crippen molar-refractivity contribution in [1.82, 2.24) is 4.31 Å². The molecule has 3 aromatic rings. The summed E-state index contributed by atoms with van der Waals surface area (Å²) in [6.45, 7) is 3.58. The highest BCUT2D eigenvalue weighted by Gasteiger charge is 2.74. The number of ketones is 1. The molecular weight excluding hydrogens is 824 g/mol. The maximum Gasteiger partial charge on any atom is 0.573 e. The first-order valence-corrected chi connectivity index (χ1v) is 21.7. The number of alkyl halides is 6. The second-order valence-electron chi connectivity index (χ2n) is 17.7. The fraction of sp³-hybridized carbons (Fsp3) is 0.512. The zero-order valence-corrected chi connectivity index (χ0v) is 34.0. The van der Waals surface area contributed by atoms with Gasteiger partial charge in [-0.25, -0.2) is 8.42 Å². The first kappa shape index (κ1) is 42.1. The predicted octanol–water partition coefficient (Wildman–Crippen LogP) is 9.75. The average Bonchev–Trinajstić information content (AvgIpc) is 3.73. The third-order valence-corrected chi connectivity index (χ3v) is 16.3. The summed E-state index contributed by atoms with van der Waals surface area (Å²) < 4.78 is 117. The van der Waals surface area contributed by atoms with Crippen molar-refractivity contribution in [2.24, 2.45) is 33.5 Å². The summed E-state index contributed by atoms with van der Waals surface area (Å²) >= 11 is 6.34. The van der Waals surface area contributed by atoms with Crippen LogP contribution in [0.2, 0.25) is 5.02 Å². The van der Waals surface area contributed by atoms with E-state index < -0.39 is 73.0 Å². The number of rotatable bonds is 9. The first-order chi connectivity index (χ1) is 27.3. The SMILES string of the molecule is C[C@]12CC[C@H]3[C@]4(C=C[C@@]5(C=C4C(=O)c4ccc(-c6cc(C(F)(F)F)ccc6Cl)o4)CC(O)CC[C@]35C)[C@@H]1CC[C@@]2(O)CN(Cc1ccc(OC(F)(F)F)cc1)S(C)(=O)=O. The van der Waals surface area contributed by atoms with Gasteiger partial charge in [-0.05, 0) is 110 Å². The smallest absolute Gasteiger partial charge is 0.453 e. The van der Waals surface area contributed by atoms with Gasteiger partial charge in [0.1, 0.15) is 11.5 Å². The Morgan fingerprint density at radius 3 is 2.25 bits per heavy atom. The molecule has 6 aliphatic carbocycles. The van der Waals surface area contributed by atoms with Crippen LogP contribution in [0.3, 0.4) is 0 Å². The second kappa shape index (κ2) is 13.7. The van der Waals surface area contributed by atoms with Crippen LogP contribution in [0.1, 0.15) is 80.5 Å². The lowest BCUT2D eigenvalue weighted by atomic mass is 9.32. The van der Waals surface area contributed by atoms with E-state index in [1.807, 2.05) is 13.0 Å². The molecule has 0 saturated heterocycles. The Morgan fingerprint density at radius 1 is 0.932 bits per heavy atom. The molecule has 0 amide bonds. The number of sulfonamides is 1. The molecule has 2 spiro atoms. The summed E-state index contributed by atoms with van der Waals surface area (Å²) in [5.74, 6) is -1.61. The lowest BCUT2D eigenvalue weighted by molar-refractivity contribution is -0.274. The number of carbonyl (C=O) groups is 1. The predicted molar refractivity (Wildman–Crippen MR) is 205 cm³/mol. The van der Waals surface area contributed by atoms with Gasteiger partial charge in [-0.3, -0.25) is 4.79 Å². The third-order valence-electron chi connectivity index (χ3n) is 14.8. The number of nitrogens with zero attached hydrogens (tertiary/aromatic N) is 1. The first-order valence-electron chi connectivity index (χ1n) is 19.5. The van der Waals surface area contributed by atoms with Gasteiger partial charge in [-0.15, -0.1) is 13.2 Å². The van der Waals surface area contributed by atoms with Crippen molar-refractivity contribution in [1.29, 1.82) is 0 Å². The number of hydrogen-bond acceptors (Lipinski definition) is 7. The molecule has 0 aliphatic heterocycles. The maximum atomic E-state index is 15.0. The van der Waals surface area contributed by atoms with Crippen LogP contribution < -0.4 is 4.74 Å². The number of furan rings is 1. The van der Waals surface area contributed by atoms with Gasteiger partial charge >= 0.3 is 12.5 Å². The van der Waals surface area contributed by atoms with Gasteiger partial charge in [0.2, 0.25) is 15.8 Å². The number of hydrogen-bond donors (Lipinski definition) is 2. The van der Waals surface area contributed by atoms with Crippen LogP contribution in [-0.2, 0) is 22.7 Å². The number of carbonyl (C=O) groups excluding carboxylic acids is 1. The van der Waals surface area contributed by atoms with Crippen LogP contribution >= 0.6 is 11.6 Å². The van der Waals surface area contributed by atoms with Crippen molar-refractivity contribution in [3.05, 3.63) is 100 Å². The van der Waals surface area contributed by atoms with Crippen LogP contribution in [0.15, 0.2) is 82.8 Å². The van der Waals surface area contributed by atoms with Crippen molar-refractivity contribution in [3.63, 3.8) is 0 Å². The molecule has 2 N–H and O–H groups in total. The minimum Gasteiger partial charge on any atom is -0.453 e. The van der Waals surface area contributed by atoms with Gasteiger partial charge < -0.3 is 19.4 Å². The van der Waals surface area contributed by atoms with E-state index in [0.29, 0.717) is 49.7 Å². The maximum absolute atomic E-state index is 15.0. The summed E-state index contributed by atoms with van der Waals surface area (Å²) in [6, 6.07) is 10.5. The van der Waals surface area contributed by atoms with Gasteiger partial charge in [0.25, 0.3) is 0 Å². The molecule has 1 unspecified atom stereocenters. The molecular formula is C43H44ClF6NO7S. The van der Waals surface area contributed by atoms with Gasteiger partial charge in [0.05, 0.1) is 28.5 Å². The highest BCUT2D eigenvalue weighted by Crippen LogP contribution is 2.78. The van der Waals surface area contributed by atoms with Crippen LogP contribution in [0.4, 0.5) is 26.3 Å². The lowest BCUT2D eigenvalue weighted by Gasteiger charge is -2.71. The Kier molecular flexibility index (Phi) is 9.76. The van der Waals surface area contributed by atoms with E-state index in [9.17, 15) is 45.0 Å². The van der Waals surface area contributed by atoms with Gasteiger partial charge in [0, 0.05) is 40.5 Å². The summed E-state index contributed by atoms with van der Waals surface area (Å²) in [6.07, 6.45) is 0.196. The van der Waals surface area contributed by atoms with Gasteiger partial charge in [0.15, 0.2) is 5.76 Å². The monoisotopic (exact) mass is 867 g/mol. The molecule has 59 heavy (non-hydrogen) atoms. The van der Waals surface area contributed by atoms with Gasteiger partial charge in [-0.1, -0.05) is 55.8 Å². The topological polar surface area (TPSA) is 117 Å². The lowest BCUT2D eigenvalue weighted by Crippen LogP contribution is -2.67. The highest BCUT2D eigenvalue weighted by atomic mass is 35.5. The van der Waals surface area contributed by atoms with E-state index in [1.54, 1.807) is 0 Å². The average molecular weight is 868 g/mol. The van der Waals surface area contributed by atoms with E-state index in [-0.39, 0.29) is 53.5 Å². The zero-order chi connectivity index (χ0) is 42.8. The fourth-order valence-electron chi connectivity index (χ4n) is 11.8. The minimum absolute atomic E-state index is 0.00126. The van der Waals surface area contributed by atoms with E-state index >= 15 is 4.79 Å². The van der Waals surface area contributed by atoms with E-state index in [0.717, 1.165) is 40.9 Å². The number of aliphatic hydroxyl groups excluding tert-OH is 1. The summed E-state index contributed by atoms with van der Waals surface area (Å²) in [4.78, 5) is 15.0. The molecule has 1 heterocycles. The van der Waals surface area contributed by atoms with E-state index in [2.05, 4.69) is 23.8 Å². The summed E-state index contributed by atoms with van der Waals surface area (Å²) in [5, 5.41) is 23.8. The Hall–Kier alpha value is -3.63. The zero-order valence-electron chi connectivity index (χ0n) is 32.5. The molecule has 2 bridgehead atoms. The number of allylic oxidation sites excluding steroid dienone is 4. The minimum atomic E-state index is -4.90. The Balaban J connectivity index is 1.17. The molecule has 0 radical (unpaired) electrons. The molecule has 2 aromatic carbocycles. The fourth-order valence-corrected chi connectivity index (χ4v) is 12.9. The molecule has 3 fully saturated rings. The van der Waals surface area contributed by atoms with Crippen LogP contribution in [-0.4, -0.2) is 59.6 Å². The molecule has 318 valence electrons. The largest absolute Gasteiger partial charge is 0.573 e. The van der Waals surface area contributed by atoms with Gasteiger partial charge in [-0.2, -0.15) is 17.5 Å². The summed E-state index contributed by atoms with van der Waals surface area (Å²) in [5.41, 5.74) is -4.81. The highest BCUT2D eigenvalue weighted by molar-refractivity contribution is 7.88. The van der Waals surface area contributed by atoms with Crippen molar-refractivity contribution < 1.29 is 58.9 Å². The van der Waals surface area contributed by atoms with Crippen molar-refractivity contribution in [2.75, 3.05) is 12.8 Å². The van der Waals surface area contributed by atoms with Crippen molar-refractivity contribution in [2.45, 2.75) is 89.6 Å². The number of halogens is 7. The molecule has 16 heteroatoms. The molecule has 8 nitrogen and oxygen atoms in total. The number of ether oxygens (including phenoxy) is 1. The second-order valence-corrected chi connectivity index (χ2v) is 20.1. The number of fused-ring (bicyclic) bond motifs is 1. The van der Waals surface area contributed by atoms with Crippen LogP contribution in [0, 0.1) is 33.5 Å². The Morgan fingerprint density at radius 2 is 1.59 bits per heavy atom. The van der Waals surface area contributed by atoms with E-state index in [1.165, 1.54) is 24.3 Å². The third kappa shape index (κ3) is 6.68. The molecule has 1 aromatic heterocycles. The molecule has 9 rings (SSSR count). The standard InChI is InChI=1S/C43H44ClF6NO7S/c1-37-15-12-27(52)21-39(37)18-19-41(30(22-39)36(53)33-11-10-32(57-33)29-20-26(42(45,46)47)6-9-31(29)44)34(37)13-16-38(2)35(41)14-17-40(38,54)24-51(59(3,55)56)23-25-4-7-28(8-5-25)58-43(48,49)50/h4-11,18-20,22,27,34-35,52,54H,12-17,21,23-24H2,1-3H3/t27?,34-,35-,37-,38+,39+,40-,41-/m1/s1. The quantitative estimate of drug-likeness (QED) is 0.125. The Bertz CT molecular complexity index is 2360. The normalized spacial score (nSPS) is 34.0. The molecule has 6 aliphatic rings. The van der Waals surface area contributed by atoms with E-state index in [4.69, 9.17) is 16.0 Å². The van der Waals surface area contributed by atoms with Crippen molar-refractivity contribution in [3.8, 4) is 17.1 Å². The number of benzene rings is 2. The van der Waals surface area contributed by atoms with Crippen molar-refractivity contribution >= 4 is 27.4 Å². The Labute approximate surface area is 342 Å². The molecule has 8 atom stereocenters. The van der Waals surface area contributed by atoms with Crippen LogP contribution in [0.25, 0.3) is 11.3 Å². The summed E-state index contributed by atoms with van der Waals surface area (Å²) in [7, 11) is -3.98. The molecule has 3 saturated carbocycles. The number of Topliss-reactive ketones (excluding diaryl/α,β-unsaturated/α-hetero) is 1. The van der Waals surface area contributed by atoms with Crippen LogP contribution in [0.5, 0.6) is 5.75 Å².